The van der Waals surface area contributed by atoms with Crippen molar-refractivity contribution >= 4 is 28.6 Å². The van der Waals surface area contributed by atoms with Crippen LogP contribution in [0.5, 0.6) is 0 Å². The predicted octanol–water partition coefficient (Wildman–Crippen LogP) is 3.86. The molecular formula is C22H23N5O2S. The first-order valence-corrected chi connectivity index (χ1v) is 10.6. The van der Waals surface area contributed by atoms with E-state index in [-0.39, 0.29) is 5.78 Å². The second kappa shape index (κ2) is 8.81. The predicted molar refractivity (Wildman–Crippen MR) is 117 cm³/mol. The van der Waals surface area contributed by atoms with E-state index in [1.54, 1.807) is 18.0 Å². The smallest absolute Gasteiger partial charge is 0.174 e. The Hall–Kier alpha value is -2.97. The van der Waals surface area contributed by atoms with Crippen molar-refractivity contribution in [2.45, 2.75) is 25.4 Å². The lowest BCUT2D eigenvalue weighted by Gasteiger charge is -2.08. The van der Waals surface area contributed by atoms with E-state index in [1.165, 1.54) is 18.1 Å². The summed E-state index contributed by atoms with van der Waals surface area (Å²) in [5.41, 5.74) is 4.44. The maximum absolute atomic E-state index is 12.9. The van der Waals surface area contributed by atoms with Gasteiger partial charge in [-0.05, 0) is 32.0 Å². The molecule has 8 heteroatoms. The third-order valence-electron chi connectivity index (χ3n) is 5.06. The minimum Gasteiger partial charge on any atom is -0.383 e. The second-order valence-corrected chi connectivity index (χ2v) is 7.91. The lowest BCUT2D eigenvalue weighted by molar-refractivity contribution is 0.102. The van der Waals surface area contributed by atoms with E-state index in [4.69, 9.17) is 4.74 Å². The molecule has 4 aromatic rings. The van der Waals surface area contributed by atoms with Crippen molar-refractivity contribution in [3.8, 4) is 5.69 Å². The minimum atomic E-state index is 0.0824. The molecule has 0 unspecified atom stereocenters. The van der Waals surface area contributed by atoms with Gasteiger partial charge in [0.2, 0.25) is 0 Å². The molecule has 1 aromatic carbocycles. The van der Waals surface area contributed by atoms with Crippen LogP contribution in [0.3, 0.4) is 0 Å². The average molecular weight is 422 g/mol. The van der Waals surface area contributed by atoms with Gasteiger partial charge in [-0.2, -0.15) is 5.10 Å². The molecule has 0 saturated carbocycles. The fourth-order valence-electron chi connectivity index (χ4n) is 3.52. The van der Waals surface area contributed by atoms with Crippen molar-refractivity contribution in [1.82, 2.24) is 24.3 Å². The number of hydrogen-bond acceptors (Lipinski definition) is 6. The number of ketones is 1. The van der Waals surface area contributed by atoms with Crippen LogP contribution in [0.25, 0.3) is 16.7 Å². The number of fused-ring (bicyclic) bond motifs is 1. The third-order valence-corrected chi connectivity index (χ3v) is 6.07. The van der Waals surface area contributed by atoms with Gasteiger partial charge in [-0.25, -0.2) is 14.6 Å². The number of nitrogens with zero attached hydrogens (tertiary/aromatic N) is 5. The van der Waals surface area contributed by atoms with Crippen LogP contribution in [0.15, 0.2) is 53.9 Å². The molecule has 154 valence electrons. The molecule has 0 N–H and O–H groups in total. The van der Waals surface area contributed by atoms with Crippen LogP contribution in [0.2, 0.25) is 0 Å². The van der Waals surface area contributed by atoms with Gasteiger partial charge in [0.25, 0.3) is 0 Å². The summed E-state index contributed by atoms with van der Waals surface area (Å²) in [4.78, 5) is 21.7. The Bertz CT molecular complexity index is 1180. The van der Waals surface area contributed by atoms with E-state index in [9.17, 15) is 4.79 Å². The Kier molecular flexibility index (Phi) is 5.96. The molecule has 0 aliphatic heterocycles. The van der Waals surface area contributed by atoms with E-state index in [0.717, 1.165) is 45.2 Å². The first kappa shape index (κ1) is 20.3. The average Bonchev–Trinajstić information content (AvgIpc) is 3.32. The van der Waals surface area contributed by atoms with E-state index in [2.05, 4.69) is 19.6 Å². The van der Waals surface area contributed by atoms with Gasteiger partial charge in [-0.3, -0.25) is 4.79 Å². The number of benzene rings is 1. The van der Waals surface area contributed by atoms with Crippen LogP contribution in [0.1, 0.15) is 21.7 Å². The summed E-state index contributed by atoms with van der Waals surface area (Å²) < 4.78 is 9.08. The zero-order chi connectivity index (χ0) is 21.1. The molecule has 0 saturated heterocycles. The van der Waals surface area contributed by atoms with Crippen LogP contribution < -0.4 is 0 Å². The molecule has 0 amide bonds. The summed E-state index contributed by atoms with van der Waals surface area (Å²) in [6, 6.07) is 11.8. The summed E-state index contributed by atoms with van der Waals surface area (Å²) in [5, 5.41) is 6.06. The molecule has 4 rings (SSSR count). The summed E-state index contributed by atoms with van der Waals surface area (Å²) in [7, 11) is 1.68. The molecule has 3 aromatic heterocycles. The zero-order valence-corrected chi connectivity index (χ0v) is 18.0. The van der Waals surface area contributed by atoms with Gasteiger partial charge < -0.3 is 9.30 Å². The molecular weight excluding hydrogens is 398 g/mol. The highest BCUT2D eigenvalue weighted by molar-refractivity contribution is 8.00. The van der Waals surface area contributed by atoms with E-state index in [1.807, 2.05) is 50.2 Å². The van der Waals surface area contributed by atoms with Gasteiger partial charge in [0.05, 0.1) is 29.6 Å². The number of ether oxygens (including phenoxy) is 1. The topological polar surface area (TPSA) is 74.8 Å². The van der Waals surface area contributed by atoms with E-state index >= 15 is 0 Å². The van der Waals surface area contributed by atoms with Crippen LogP contribution in [-0.2, 0) is 11.3 Å². The number of rotatable bonds is 8. The molecule has 0 aliphatic carbocycles. The Labute approximate surface area is 179 Å². The van der Waals surface area contributed by atoms with Crippen molar-refractivity contribution in [3.05, 3.63) is 65.9 Å². The van der Waals surface area contributed by atoms with Gasteiger partial charge in [-0.15, -0.1) is 0 Å². The maximum atomic E-state index is 12.9. The quantitative estimate of drug-likeness (QED) is 0.244. The van der Waals surface area contributed by atoms with Gasteiger partial charge in [0, 0.05) is 30.6 Å². The number of aromatic nitrogens is 5. The largest absolute Gasteiger partial charge is 0.383 e. The number of para-hydroxylation sites is 1. The lowest BCUT2D eigenvalue weighted by atomic mass is 10.2. The number of thioether (sulfide) groups is 1. The lowest BCUT2D eigenvalue weighted by Crippen LogP contribution is -2.09. The van der Waals surface area contributed by atoms with Crippen molar-refractivity contribution in [2.75, 3.05) is 19.5 Å². The summed E-state index contributed by atoms with van der Waals surface area (Å²) in [6.45, 7) is 5.34. The van der Waals surface area contributed by atoms with Gasteiger partial charge in [-0.1, -0.05) is 30.0 Å². The first-order chi connectivity index (χ1) is 14.6. The number of carbonyl (C=O) groups is 1. The normalized spacial score (nSPS) is 11.3. The summed E-state index contributed by atoms with van der Waals surface area (Å²) >= 11 is 1.42. The fraction of sp³-hybridized carbons (Fsp3) is 0.273. The number of hydrogen-bond donors (Lipinski definition) is 0. The number of carbonyl (C=O) groups excluding carboxylic acids is 1. The van der Waals surface area contributed by atoms with Crippen molar-refractivity contribution in [3.63, 3.8) is 0 Å². The maximum Gasteiger partial charge on any atom is 0.174 e. The Morgan fingerprint density at radius 1 is 1.17 bits per heavy atom. The van der Waals surface area contributed by atoms with Crippen LogP contribution >= 0.6 is 11.8 Å². The molecule has 30 heavy (non-hydrogen) atoms. The van der Waals surface area contributed by atoms with E-state index < -0.39 is 0 Å². The van der Waals surface area contributed by atoms with Crippen LogP contribution in [0.4, 0.5) is 0 Å². The summed E-state index contributed by atoms with van der Waals surface area (Å²) in [6.07, 6.45) is 3.28. The van der Waals surface area contributed by atoms with Crippen LogP contribution in [0, 0.1) is 13.8 Å². The number of aryl methyl sites for hydroxylation is 1. The zero-order valence-electron chi connectivity index (χ0n) is 17.2. The first-order valence-electron chi connectivity index (χ1n) is 9.66. The molecule has 0 atom stereocenters. The molecule has 3 heterocycles. The van der Waals surface area contributed by atoms with Crippen LogP contribution in [-0.4, -0.2) is 49.6 Å². The monoisotopic (exact) mass is 421 g/mol. The molecule has 0 radical (unpaired) electrons. The third kappa shape index (κ3) is 3.88. The highest BCUT2D eigenvalue weighted by Gasteiger charge is 2.18. The molecule has 0 aliphatic rings. The highest BCUT2D eigenvalue weighted by atomic mass is 32.2. The molecule has 7 nitrogen and oxygen atoms in total. The number of Topliss-reactive ketones (excluding diaryl/α,β-unsaturated/α-hetero) is 1. The Morgan fingerprint density at radius 3 is 2.73 bits per heavy atom. The van der Waals surface area contributed by atoms with Crippen molar-refractivity contribution < 1.29 is 9.53 Å². The SMILES string of the molecule is COCCn1c(C)cc(C(=O)CSc2ncnc3c2cnn3-c2ccccc2)c1C. The summed E-state index contributed by atoms with van der Waals surface area (Å²) in [5.74, 6) is 0.385. The standard InChI is InChI=1S/C22H23N5O2S/c1-15-11-18(16(2)26(15)9-10-29-3)20(28)13-30-22-19-12-25-27(21(19)23-14-24-22)17-7-5-4-6-8-17/h4-8,11-12,14H,9-10,13H2,1-3H3. The van der Waals surface area contributed by atoms with Gasteiger partial charge in [0.15, 0.2) is 11.4 Å². The minimum absolute atomic E-state index is 0.0824. The second-order valence-electron chi connectivity index (χ2n) is 6.95. The highest BCUT2D eigenvalue weighted by Crippen LogP contribution is 2.27. The number of methoxy groups -OCH3 is 1. The van der Waals surface area contributed by atoms with Gasteiger partial charge >= 0.3 is 0 Å². The molecule has 0 spiro atoms. The molecule has 0 fully saturated rings. The fourth-order valence-corrected chi connectivity index (χ4v) is 4.36. The Balaban J connectivity index is 1.55. The molecule has 0 bridgehead atoms. The Morgan fingerprint density at radius 2 is 1.97 bits per heavy atom. The van der Waals surface area contributed by atoms with Crippen molar-refractivity contribution in [2.24, 2.45) is 0 Å². The van der Waals surface area contributed by atoms with Crippen molar-refractivity contribution in [1.29, 1.82) is 0 Å². The van der Waals surface area contributed by atoms with E-state index in [0.29, 0.717) is 12.4 Å². The van der Waals surface area contributed by atoms with Gasteiger partial charge in [0.1, 0.15) is 11.4 Å².